The van der Waals surface area contributed by atoms with Crippen LogP contribution in [-0.2, 0) is 0 Å². The van der Waals surface area contributed by atoms with Gasteiger partial charge in [0.05, 0.1) is 0 Å². The molecule has 1 rings (SSSR count). The van der Waals surface area contributed by atoms with Crippen molar-refractivity contribution in [1.29, 1.82) is 0 Å². The zero-order chi connectivity index (χ0) is 11.4. The average Bonchev–Trinajstić information content (AvgIpc) is 2.65. The topological polar surface area (TPSA) is 37.8 Å². The minimum Gasteiger partial charge on any atom is -0.358 e. The molecule has 0 aliphatic rings. The van der Waals surface area contributed by atoms with E-state index in [-0.39, 0.29) is 0 Å². The van der Waals surface area contributed by atoms with Crippen LogP contribution in [0.3, 0.4) is 0 Å². The molecular weight excluding hydrogens is 206 g/mol. The molecule has 15 heavy (non-hydrogen) atoms. The van der Waals surface area contributed by atoms with Crippen LogP contribution >= 0.6 is 11.5 Å². The Bertz CT molecular complexity index is 296. The third-order valence-corrected chi connectivity index (χ3v) is 3.47. The van der Waals surface area contributed by atoms with E-state index < -0.39 is 0 Å². The summed E-state index contributed by atoms with van der Waals surface area (Å²) in [5.74, 6) is 2.02. The predicted octanol–water partition coefficient (Wildman–Crippen LogP) is 3.51. The Balaban J connectivity index is 2.57. The molecule has 0 aromatic carbocycles. The van der Waals surface area contributed by atoms with Crippen molar-refractivity contribution >= 4 is 16.7 Å². The number of hydrogen-bond acceptors (Lipinski definition) is 4. The van der Waals surface area contributed by atoms with Crippen LogP contribution in [0.5, 0.6) is 0 Å². The van der Waals surface area contributed by atoms with Crippen LogP contribution in [0.1, 0.15) is 52.8 Å². The van der Waals surface area contributed by atoms with Gasteiger partial charge in [0, 0.05) is 23.5 Å². The average molecular weight is 227 g/mol. The van der Waals surface area contributed by atoms with Gasteiger partial charge < -0.3 is 5.32 Å². The molecule has 0 aliphatic heterocycles. The first kappa shape index (κ1) is 12.4. The molecule has 0 amide bonds. The molecule has 0 saturated carbocycles. The standard InChI is InChI=1S/C11H21N3S/c1-6-8(4)9(5)12-11-13-10(7(2)3)14-15-11/h7-9H,6H2,1-5H3,(H,12,13,14). The maximum atomic E-state index is 4.46. The van der Waals surface area contributed by atoms with Gasteiger partial charge >= 0.3 is 0 Å². The number of nitrogens with zero attached hydrogens (tertiary/aromatic N) is 2. The predicted molar refractivity (Wildman–Crippen MR) is 66.5 cm³/mol. The summed E-state index contributed by atoms with van der Waals surface area (Å²) >= 11 is 1.46. The SMILES string of the molecule is CCC(C)C(C)Nc1nc(C(C)C)ns1. The van der Waals surface area contributed by atoms with E-state index in [4.69, 9.17) is 0 Å². The van der Waals surface area contributed by atoms with Crippen molar-refractivity contribution in [2.24, 2.45) is 5.92 Å². The van der Waals surface area contributed by atoms with Crippen molar-refractivity contribution in [3.63, 3.8) is 0 Å². The van der Waals surface area contributed by atoms with Gasteiger partial charge in [0.15, 0.2) is 0 Å². The van der Waals surface area contributed by atoms with Crippen molar-refractivity contribution in [3.8, 4) is 0 Å². The van der Waals surface area contributed by atoms with E-state index in [0.29, 0.717) is 17.9 Å². The number of anilines is 1. The summed E-state index contributed by atoms with van der Waals surface area (Å²) in [5, 5.41) is 4.36. The lowest BCUT2D eigenvalue weighted by atomic mass is 10.0. The summed E-state index contributed by atoms with van der Waals surface area (Å²) in [6.07, 6.45) is 1.18. The van der Waals surface area contributed by atoms with Crippen LogP contribution in [-0.4, -0.2) is 15.4 Å². The first-order valence-electron chi connectivity index (χ1n) is 5.64. The molecule has 86 valence electrons. The molecule has 2 unspecified atom stereocenters. The zero-order valence-corrected chi connectivity index (χ0v) is 11.1. The minimum absolute atomic E-state index is 0.413. The van der Waals surface area contributed by atoms with Gasteiger partial charge in [0.1, 0.15) is 5.82 Å². The van der Waals surface area contributed by atoms with Crippen LogP contribution < -0.4 is 5.32 Å². The van der Waals surface area contributed by atoms with Gasteiger partial charge in [-0.3, -0.25) is 0 Å². The molecule has 1 aromatic rings. The lowest BCUT2D eigenvalue weighted by Crippen LogP contribution is -2.23. The first-order valence-corrected chi connectivity index (χ1v) is 6.42. The molecule has 0 saturated heterocycles. The number of nitrogens with one attached hydrogen (secondary N) is 1. The largest absolute Gasteiger partial charge is 0.358 e. The maximum absolute atomic E-state index is 4.46. The second kappa shape index (κ2) is 5.45. The minimum atomic E-state index is 0.413. The summed E-state index contributed by atoms with van der Waals surface area (Å²) in [7, 11) is 0. The Hall–Kier alpha value is -0.640. The summed E-state index contributed by atoms with van der Waals surface area (Å²) in [5.41, 5.74) is 0. The molecule has 0 aliphatic carbocycles. The molecule has 0 bridgehead atoms. The van der Waals surface area contributed by atoms with Crippen molar-refractivity contribution in [3.05, 3.63) is 5.82 Å². The fraction of sp³-hybridized carbons (Fsp3) is 0.818. The van der Waals surface area contributed by atoms with Gasteiger partial charge in [-0.1, -0.05) is 34.1 Å². The zero-order valence-electron chi connectivity index (χ0n) is 10.2. The lowest BCUT2D eigenvalue weighted by molar-refractivity contribution is 0.494. The van der Waals surface area contributed by atoms with Crippen molar-refractivity contribution in [1.82, 2.24) is 9.36 Å². The van der Waals surface area contributed by atoms with E-state index in [0.717, 1.165) is 11.0 Å². The van der Waals surface area contributed by atoms with Crippen LogP contribution in [0.2, 0.25) is 0 Å². The molecule has 1 N–H and O–H groups in total. The van der Waals surface area contributed by atoms with Gasteiger partial charge in [-0.05, 0) is 12.8 Å². The van der Waals surface area contributed by atoms with E-state index in [9.17, 15) is 0 Å². The van der Waals surface area contributed by atoms with Gasteiger partial charge in [0.2, 0.25) is 5.13 Å². The summed E-state index contributed by atoms with van der Waals surface area (Å²) in [6, 6.07) is 0.461. The Morgan fingerprint density at radius 3 is 2.40 bits per heavy atom. The van der Waals surface area contributed by atoms with Gasteiger partial charge in [-0.25, -0.2) is 4.98 Å². The molecule has 0 spiro atoms. The van der Waals surface area contributed by atoms with Crippen LogP contribution in [0, 0.1) is 5.92 Å². The third-order valence-electron chi connectivity index (χ3n) is 2.81. The summed E-state index contributed by atoms with van der Waals surface area (Å²) in [4.78, 5) is 4.46. The second-order valence-corrected chi connectivity index (χ2v) is 5.18. The molecule has 1 aromatic heterocycles. The highest BCUT2D eigenvalue weighted by Crippen LogP contribution is 2.20. The third kappa shape index (κ3) is 3.45. The Labute approximate surface area is 96.5 Å². The highest BCUT2D eigenvalue weighted by Gasteiger charge is 2.13. The van der Waals surface area contributed by atoms with E-state index in [2.05, 4.69) is 49.3 Å². The van der Waals surface area contributed by atoms with Gasteiger partial charge in [0.25, 0.3) is 0 Å². The van der Waals surface area contributed by atoms with E-state index in [1.807, 2.05) is 0 Å². The fourth-order valence-electron chi connectivity index (χ4n) is 1.22. The number of rotatable bonds is 5. The van der Waals surface area contributed by atoms with Crippen LogP contribution in [0.25, 0.3) is 0 Å². The van der Waals surface area contributed by atoms with E-state index >= 15 is 0 Å². The van der Waals surface area contributed by atoms with Gasteiger partial charge in [-0.2, -0.15) is 4.37 Å². The lowest BCUT2D eigenvalue weighted by Gasteiger charge is -2.18. The molecule has 0 fully saturated rings. The van der Waals surface area contributed by atoms with Crippen LogP contribution in [0.15, 0.2) is 0 Å². The number of aromatic nitrogens is 2. The van der Waals surface area contributed by atoms with Crippen LogP contribution in [0.4, 0.5) is 5.13 Å². The second-order valence-electron chi connectivity index (χ2n) is 4.43. The van der Waals surface area contributed by atoms with E-state index in [1.165, 1.54) is 18.0 Å². The smallest absolute Gasteiger partial charge is 0.202 e. The summed E-state index contributed by atoms with van der Waals surface area (Å²) in [6.45, 7) is 10.9. The molecule has 0 radical (unpaired) electrons. The molecule has 4 heteroatoms. The Morgan fingerprint density at radius 1 is 1.27 bits per heavy atom. The van der Waals surface area contributed by atoms with Gasteiger partial charge in [-0.15, -0.1) is 0 Å². The molecular formula is C11H21N3S. The molecule has 3 nitrogen and oxygen atoms in total. The Kier molecular flexibility index (Phi) is 4.51. The van der Waals surface area contributed by atoms with Crippen molar-refractivity contribution in [2.75, 3.05) is 5.32 Å². The maximum Gasteiger partial charge on any atom is 0.202 e. The number of hydrogen-bond donors (Lipinski definition) is 1. The van der Waals surface area contributed by atoms with Crippen molar-refractivity contribution in [2.45, 2.75) is 53.0 Å². The van der Waals surface area contributed by atoms with E-state index in [1.54, 1.807) is 0 Å². The summed E-state index contributed by atoms with van der Waals surface area (Å²) < 4.78 is 4.32. The molecule has 2 atom stereocenters. The monoisotopic (exact) mass is 227 g/mol. The highest BCUT2D eigenvalue weighted by atomic mass is 32.1. The quantitative estimate of drug-likeness (QED) is 0.836. The first-order chi connectivity index (χ1) is 7.04. The van der Waals surface area contributed by atoms with Crippen molar-refractivity contribution < 1.29 is 0 Å². The normalized spacial score (nSPS) is 15.3. The Morgan fingerprint density at radius 2 is 1.93 bits per heavy atom. The molecule has 1 heterocycles. The fourth-order valence-corrected chi connectivity index (χ4v) is 2.02. The highest BCUT2D eigenvalue weighted by molar-refractivity contribution is 7.09.